The summed E-state index contributed by atoms with van der Waals surface area (Å²) in [5, 5.41) is 4.38. The van der Waals surface area contributed by atoms with Crippen LogP contribution in [-0.4, -0.2) is 37.6 Å². The van der Waals surface area contributed by atoms with E-state index in [-0.39, 0.29) is 5.75 Å². The van der Waals surface area contributed by atoms with Crippen molar-refractivity contribution in [1.82, 2.24) is 10.3 Å². The molecule has 29 heavy (non-hydrogen) atoms. The molecule has 2 aromatic carbocycles. The molecule has 0 aliphatic rings. The highest BCUT2D eigenvalue weighted by atomic mass is 19.3. The molecular weight excluding hydrogens is 388 g/mol. The van der Waals surface area contributed by atoms with E-state index in [9.17, 15) is 17.6 Å². The Morgan fingerprint density at radius 2 is 1.93 bits per heavy atom. The average molecular weight is 410 g/mol. The zero-order valence-electron chi connectivity index (χ0n) is 15.9. The van der Waals surface area contributed by atoms with Gasteiger partial charge in [0.2, 0.25) is 0 Å². The molecule has 0 amide bonds. The molecule has 0 spiro atoms. The van der Waals surface area contributed by atoms with Gasteiger partial charge in [-0.2, -0.15) is 8.78 Å². The molecule has 156 valence electrons. The molecule has 0 unspecified atom stereocenters. The highest BCUT2D eigenvalue weighted by molar-refractivity contribution is 5.84. The number of halogens is 4. The molecule has 8 heteroatoms. The van der Waals surface area contributed by atoms with E-state index in [1.165, 1.54) is 6.07 Å². The molecular formula is C21H22F4N2O2. The number of benzene rings is 2. The van der Waals surface area contributed by atoms with Gasteiger partial charge in [0.1, 0.15) is 11.5 Å². The van der Waals surface area contributed by atoms with Crippen LogP contribution in [0.25, 0.3) is 10.9 Å². The summed E-state index contributed by atoms with van der Waals surface area (Å²) < 4.78 is 60.5. The minimum atomic E-state index is -4.17. The van der Waals surface area contributed by atoms with Crippen LogP contribution in [-0.2, 0) is 13.0 Å². The molecule has 0 saturated carbocycles. The number of methoxy groups -OCH3 is 1. The quantitative estimate of drug-likeness (QED) is 0.373. The molecule has 0 aliphatic heterocycles. The first-order valence-corrected chi connectivity index (χ1v) is 9.11. The van der Waals surface area contributed by atoms with Crippen LogP contribution in [0.2, 0.25) is 0 Å². The Hall–Kier alpha value is -2.74. The smallest absolute Gasteiger partial charge is 0.340 e. The van der Waals surface area contributed by atoms with Gasteiger partial charge in [-0.15, -0.1) is 0 Å². The first-order valence-electron chi connectivity index (χ1n) is 9.11. The molecule has 3 aromatic rings. The fourth-order valence-corrected chi connectivity index (χ4v) is 2.93. The predicted octanol–water partition coefficient (Wildman–Crippen LogP) is 4.79. The fraction of sp³-hybridized carbons (Fsp3) is 0.333. The first kappa shape index (κ1) is 21.0. The van der Waals surface area contributed by atoms with Gasteiger partial charge < -0.3 is 19.8 Å². The number of aromatic nitrogens is 1. The highest BCUT2D eigenvalue weighted by Crippen LogP contribution is 2.25. The third-order valence-electron chi connectivity index (χ3n) is 4.52. The second-order valence-corrected chi connectivity index (χ2v) is 6.65. The van der Waals surface area contributed by atoms with E-state index >= 15 is 0 Å². The minimum absolute atomic E-state index is 0.133. The van der Waals surface area contributed by atoms with Gasteiger partial charge >= 0.3 is 12.3 Å². The maximum absolute atomic E-state index is 13.0. The number of hydrogen-bond acceptors (Lipinski definition) is 3. The minimum Gasteiger partial charge on any atom is -0.497 e. The third-order valence-corrected chi connectivity index (χ3v) is 4.52. The zero-order valence-corrected chi connectivity index (χ0v) is 15.9. The van der Waals surface area contributed by atoms with Crippen LogP contribution in [0.3, 0.4) is 0 Å². The molecule has 1 aromatic heterocycles. The summed E-state index contributed by atoms with van der Waals surface area (Å²) in [6, 6.07) is 12.3. The maximum Gasteiger partial charge on any atom is 0.340 e. The van der Waals surface area contributed by atoms with Crippen molar-refractivity contribution in [2.24, 2.45) is 0 Å². The zero-order chi connectivity index (χ0) is 20.9. The summed E-state index contributed by atoms with van der Waals surface area (Å²) in [6.45, 7) is -0.168. The van der Waals surface area contributed by atoms with Crippen molar-refractivity contribution in [3.05, 3.63) is 59.8 Å². The number of alkyl halides is 4. The van der Waals surface area contributed by atoms with Crippen LogP contribution >= 0.6 is 0 Å². The Bertz CT molecular complexity index is 943. The van der Waals surface area contributed by atoms with Crippen LogP contribution in [0.4, 0.5) is 17.6 Å². The lowest BCUT2D eigenvalue weighted by molar-refractivity contribution is -0.148. The van der Waals surface area contributed by atoms with Crippen molar-refractivity contribution < 1.29 is 27.0 Å². The van der Waals surface area contributed by atoms with Gasteiger partial charge in [0, 0.05) is 23.6 Å². The van der Waals surface area contributed by atoms with Crippen LogP contribution in [0, 0.1) is 0 Å². The van der Waals surface area contributed by atoms with E-state index in [1.54, 1.807) is 19.2 Å². The second-order valence-electron chi connectivity index (χ2n) is 6.65. The third kappa shape index (κ3) is 5.41. The molecule has 0 atom stereocenters. The number of rotatable bonds is 10. The highest BCUT2D eigenvalue weighted by Gasteiger charge is 2.41. The topological polar surface area (TPSA) is 46.3 Å². The summed E-state index contributed by atoms with van der Waals surface area (Å²) in [5.41, 5.74) is 2.99. The number of fused-ring (bicyclic) bond motifs is 1. The number of nitrogens with one attached hydrogen (secondary N) is 2. The van der Waals surface area contributed by atoms with Crippen molar-refractivity contribution in [2.45, 2.75) is 25.3 Å². The van der Waals surface area contributed by atoms with Gasteiger partial charge in [-0.3, -0.25) is 0 Å². The molecule has 3 rings (SSSR count). The number of hydrogen-bond donors (Lipinski definition) is 2. The Kier molecular flexibility index (Phi) is 6.64. The average Bonchev–Trinajstić information content (AvgIpc) is 3.12. The SMILES string of the molecule is COc1ccc2[nH]cc(CCNCc3cccc(OCC(F)(F)C(F)F)c3)c2c1. The summed E-state index contributed by atoms with van der Waals surface area (Å²) >= 11 is 0. The molecule has 4 nitrogen and oxygen atoms in total. The maximum atomic E-state index is 13.0. The van der Waals surface area contributed by atoms with E-state index in [0.29, 0.717) is 13.1 Å². The Morgan fingerprint density at radius 3 is 2.69 bits per heavy atom. The lowest BCUT2D eigenvalue weighted by Gasteiger charge is -2.16. The van der Waals surface area contributed by atoms with Gasteiger partial charge in [0.25, 0.3) is 0 Å². The van der Waals surface area contributed by atoms with Crippen LogP contribution < -0.4 is 14.8 Å². The fourth-order valence-electron chi connectivity index (χ4n) is 2.93. The van der Waals surface area contributed by atoms with E-state index in [2.05, 4.69) is 10.3 Å². The number of H-pyrrole nitrogens is 1. The van der Waals surface area contributed by atoms with Gasteiger partial charge in [0.15, 0.2) is 6.61 Å². The van der Waals surface area contributed by atoms with Crippen molar-refractivity contribution in [2.75, 3.05) is 20.3 Å². The normalized spacial score (nSPS) is 11.9. The molecule has 1 heterocycles. The summed E-state index contributed by atoms with van der Waals surface area (Å²) in [5.74, 6) is -3.25. The van der Waals surface area contributed by atoms with Gasteiger partial charge in [-0.1, -0.05) is 12.1 Å². The molecule has 0 bridgehead atoms. The Morgan fingerprint density at radius 1 is 1.10 bits per heavy atom. The van der Waals surface area contributed by atoms with Gasteiger partial charge in [0.05, 0.1) is 7.11 Å². The first-order chi connectivity index (χ1) is 13.9. The van der Waals surface area contributed by atoms with E-state index in [4.69, 9.17) is 9.47 Å². The van der Waals surface area contributed by atoms with E-state index < -0.39 is 19.0 Å². The monoisotopic (exact) mass is 410 g/mol. The van der Waals surface area contributed by atoms with Gasteiger partial charge in [-0.25, -0.2) is 8.78 Å². The number of ether oxygens (including phenoxy) is 2. The summed E-state index contributed by atoms with van der Waals surface area (Å²) in [6.07, 6.45) is -1.01. The standard InChI is InChI=1S/C21H22F4N2O2/c1-28-16-5-6-19-18(10-16)15(12-27-19)7-8-26-11-14-3-2-4-17(9-14)29-13-21(24,25)20(22)23/h2-6,9-10,12,20,26-27H,7-8,11,13H2,1H3. The van der Waals surface area contributed by atoms with Crippen molar-refractivity contribution >= 4 is 10.9 Å². The summed E-state index contributed by atoms with van der Waals surface area (Å²) in [7, 11) is 1.63. The second kappa shape index (κ2) is 9.17. The van der Waals surface area contributed by atoms with Crippen molar-refractivity contribution in [3.63, 3.8) is 0 Å². The molecule has 0 radical (unpaired) electrons. The predicted molar refractivity (Wildman–Crippen MR) is 103 cm³/mol. The summed E-state index contributed by atoms with van der Waals surface area (Å²) in [4.78, 5) is 3.23. The van der Waals surface area contributed by atoms with E-state index in [1.807, 2.05) is 30.5 Å². The van der Waals surface area contributed by atoms with Crippen molar-refractivity contribution in [3.8, 4) is 11.5 Å². The van der Waals surface area contributed by atoms with Crippen LogP contribution in [0.5, 0.6) is 11.5 Å². The molecule has 0 aliphatic carbocycles. The molecule has 2 N–H and O–H groups in total. The molecule has 0 saturated heterocycles. The molecule has 0 fully saturated rings. The van der Waals surface area contributed by atoms with E-state index in [0.717, 1.165) is 34.2 Å². The van der Waals surface area contributed by atoms with Crippen LogP contribution in [0.15, 0.2) is 48.7 Å². The lowest BCUT2D eigenvalue weighted by atomic mass is 10.1. The van der Waals surface area contributed by atoms with Crippen molar-refractivity contribution in [1.29, 1.82) is 0 Å². The number of aromatic amines is 1. The Labute approximate surface area is 165 Å². The van der Waals surface area contributed by atoms with Gasteiger partial charge in [-0.05, 0) is 54.4 Å². The lowest BCUT2D eigenvalue weighted by Crippen LogP contribution is -2.33. The Balaban J connectivity index is 1.51. The van der Waals surface area contributed by atoms with Crippen LogP contribution in [0.1, 0.15) is 11.1 Å². The largest absolute Gasteiger partial charge is 0.497 e.